The van der Waals surface area contributed by atoms with Gasteiger partial charge in [-0.15, -0.1) is 6.58 Å². The summed E-state index contributed by atoms with van der Waals surface area (Å²) in [4.78, 5) is 51.3. The Morgan fingerprint density at radius 1 is 1.30 bits per heavy atom. The van der Waals surface area contributed by atoms with Crippen molar-refractivity contribution in [2.24, 2.45) is 0 Å². The van der Waals surface area contributed by atoms with Crippen molar-refractivity contribution >= 4 is 29.1 Å². The van der Waals surface area contributed by atoms with E-state index in [1.165, 1.54) is 36.3 Å². The number of amides is 3. The molecule has 0 aromatic heterocycles. The van der Waals surface area contributed by atoms with Crippen LogP contribution in [-0.4, -0.2) is 47.2 Å². The molecule has 1 aliphatic rings. The van der Waals surface area contributed by atoms with Gasteiger partial charge in [0.1, 0.15) is 11.8 Å². The van der Waals surface area contributed by atoms with E-state index in [9.17, 15) is 24.5 Å². The van der Waals surface area contributed by atoms with Crippen molar-refractivity contribution in [3.63, 3.8) is 0 Å². The molecule has 9 nitrogen and oxygen atoms in total. The van der Waals surface area contributed by atoms with Crippen molar-refractivity contribution < 1.29 is 24.0 Å². The maximum Gasteiger partial charge on any atom is 0.270 e. The summed E-state index contributed by atoms with van der Waals surface area (Å²) < 4.78 is 5.08. The smallest absolute Gasteiger partial charge is 0.270 e. The van der Waals surface area contributed by atoms with E-state index in [4.69, 9.17) is 4.74 Å². The maximum atomic E-state index is 13.0. The quantitative estimate of drug-likeness (QED) is 0.301. The number of nitrogens with zero attached hydrogens (tertiary/aromatic N) is 3. The van der Waals surface area contributed by atoms with Crippen LogP contribution < -0.4 is 9.64 Å². The van der Waals surface area contributed by atoms with E-state index >= 15 is 0 Å². The Bertz CT molecular complexity index is 1020. The Morgan fingerprint density at radius 3 is 2.60 bits per heavy atom. The highest BCUT2D eigenvalue weighted by Gasteiger charge is 2.44. The van der Waals surface area contributed by atoms with Crippen LogP contribution in [-0.2, 0) is 9.59 Å². The molecule has 0 N–H and O–H groups in total. The summed E-state index contributed by atoms with van der Waals surface area (Å²) in [5, 5.41) is 11.0. The minimum absolute atomic E-state index is 0.00165. The predicted octanol–water partition coefficient (Wildman–Crippen LogP) is 2.56. The second kappa shape index (κ2) is 8.56. The molecule has 2 aromatic rings. The van der Waals surface area contributed by atoms with E-state index in [1.807, 2.05) is 0 Å². The number of anilines is 1. The third-order valence-corrected chi connectivity index (χ3v) is 4.72. The highest BCUT2D eigenvalue weighted by molar-refractivity contribution is 6.23. The molecular weight excluding hydrogens is 390 g/mol. The van der Waals surface area contributed by atoms with E-state index in [2.05, 4.69) is 6.58 Å². The fourth-order valence-electron chi connectivity index (χ4n) is 3.27. The van der Waals surface area contributed by atoms with E-state index in [1.54, 1.807) is 24.3 Å². The molecular formula is C21H19N3O6. The van der Waals surface area contributed by atoms with Gasteiger partial charge in [0.15, 0.2) is 0 Å². The van der Waals surface area contributed by atoms with Crippen LogP contribution in [0.3, 0.4) is 0 Å². The summed E-state index contributed by atoms with van der Waals surface area (Å²) in [6.07, 6.45) is 1.24. The Hall–Kier alpha value is -4.01. The maximum absolute atomic E-state index is 13.0. The Kier molecular flexibility index (Phi) is 5.91. The highest BCUT2D eigenvalue weighted by atomic mass is 16.6. The number of hydrogen-bond donors (Lipinski definition) is 0. The van der Waals surface area contributed by atoms with Crippen LogP contribution in [0.25, 0.3) is 0 Å². The first-order valence-electron chi connectivity index (χ1n) is 9.04. The van der Waals surface area contributed by atoms with E-state index in [-0.39, 0.29) is 24.2 Å². The Balaban J connectivity index is 1.90. The second-order valence-electron chi connectivity index (χ2n) is 6.54. The third kappa shape index (κ3) is 3.90. The standard InChI is InChI=1S/C21H19N3O6/c1-3-11-22(20(26)14-5-4-6-16(12-14)24(28)29)18-13-19(25)23(21(18)27)15-7-9-17(30-2)10-8-15/h3-10,12,18H,1,11,13H2,2H3. The molecule has 1 fully saturated rings. The molecule has 0 radical (unpaired) electrons. The second-order valence-corrected chi connectivity index (χ2v) is 6.54. The molecule has 1 heterocycles. The van der Waals surface area contributed by atoms with E-state index < -0.39 is 28.7 Å². The van der Waals surface area contributed by atoms with Crippen molar-refractivity contribution in [2.75, 3.05) is 18.6 Å². The van der Waals surface area contributed by atoms with Gasteiger partial charge in [0.05, 0.1) is 24.1 Å². The molecule has 0 saturated carbocycles. The summed E-state index contributed by atoms with van der Waals surface area (Å²) in [6.45, 7) is 3.61. The molecule has 1 unspecified atom stereocenters. The fourth-order valence-corrected chi connectivity index (χ4v) is 3.27. The number of ether oxygens (including phenoxy) is 1. The van der Waals surface area contributed by atoms with Crippen molar-refractivity contribution in [1.82, 2.24) is 4.90 Å². The normalized spacial score (nSPS) is 15.8. The first-order chi connectivity index (χ1) is 14.4. The zero-order chi connectivity index (χ0) is 21.8. The van der Waals surface area contributed by atoms with Gasteiger partial charge < -0.3 is 9.64 Å². The topological polar surface area (TPSA) is 110 Å². The summed E-state index contributed by atoms with van der Waals surface area (Å²) in [5.74, 6) is -1.02. The third-order valence-electron chi connectivity index (χ3n) is 4.72. The summed E-state index contributed by atoms with van der Waals surface area (Å²) in [6, 6.07) is 10.6. The van der Waals surface area contributed by atoms with Gasteiger partial charge in [-0.05, 0) is 30.3 Å². The van der Waals surface area contributed by atoms with Gasteiger partial charge in [0.25, 0.3) is 17.5 Å². The van der Waals surface area contributed by atoms with Crippen LogP contribution >= 0.6 is 0 Å². The Labute approximate surface area is 172 Å². The largest absolute Gasteiger partial charge is 0.497 e. The van der Waals surface area contributed by atoms with Gasteiger partial charge in [-0.1, -0.05) is 12.1 Å². The predicted molar refractivity (Wildman–Crippen MR) is 108 cm³/mol. The van der Waals surface area contributed by atoms with Gasteiger partial charge in [0, 0.05) is 24.2 Å². The molecule has 0 bridgehead atoms. The average Bonchev–Trinajstić information content (AvgIpc) is 3.05. The van der Waals surface area contributed by atoms with E-state index in [0.717, 1.165) is 11.0 Å². The van der Waals surface area contributed by atoms with Gasteiger partial charge in [0.2, 0.25) is 5.91 Å². The fraction of sp³-hybridized carbons (Fsp3) is 0.190. The molecule has 9 heteroatoms. The molecule has 0 spiro atoms. The number of methoxy groups -OCH3 is 1. The lowest BCUT2D eigenvalue weighted by Crippen LogP contribution is -2.45. The molecule has 3 amide bonds. The highest BCUT2D eigenvalue weighted by Crippen LogP contribution is 2.28. The number of nitro groups is 1. The van der Waals surface area contributed by atoms with Crippen molar-refractivity contribution in [1.29, 1.82) is 0 Å². The number of rotatable bonds is 7. The Morgan fingerprint density at radius 2 is 2.00 bits per heavy atom. The van der Waals surface area contributed by atoms with Gasteiger partial charge >= 0.3 is 0 Å². The number of benzene rings is 2. The van der Waals surface area contributed by atoms with E-state index in [0.29, 0.717) is 11.4 Å². The van der Waals surface area contributed by atoms with Gasteiger partial charge in [-0.25, -0.2) is 4.90 Å². The van der Waals surface area contributed by atoms with Crippen LogP contribution in [0.15, 0.2) is 61.2 Å². The first kappa shape index (κ1) is 20.7. The van der Waals surface area contributed by atoms with Crippen LogP contribution in [0.4, 0.5) is 11.4 Å². The van der Waals surface area contributed by atoms with Gasteiger partial charge in [-0.2, -0.15) is 0 Å². The van der Waals surface area contributed by atoms with Gasteiger partial charge in [-0.3, -0.25) is 24.5 Å². The first-order valence-corrected chi connectivity index (χ1v) is 9.04. The molecule has 1 saturated heterocycles. The zero-order valence-corrected chi connectivity index (χ0v) is 16.2. The van der Waals surface area contributed by atoms with Crippen LogP contribution in [0.2, 0.25) is 0 Å². The summed E-state index contributed by atoms with van der Waals surface area (Å²) in [5.41, 5.74) is 0.178. The number of carbonyl (C=O) groups excluding carboxylic acids is 3. The molecule has 30 heavy (non-hydrogen) atoms. The SMILES string of the molecule is C=CCN(C(=O)c1cccc([N+](=O)[O-])c1)C1CC(=O)N(c2ccc(OC)cc2)C1=O. The van der Waals surface area contributed by atoms with Crippen molar-refractivity contribution in [3.05, 3.63) is 76.9 Å². The number of nitro benzene ring substituents is 1. The number of non-ortho nitro benzene ring substituents is 1. The summed E-state index contributed by atoms with van der Waals surface area (Å²) >= 11 is 0. The average molecular weight is 409 g/mol. The number of hydrogen-bond acceptors (Lipinski definition) is 6. The molecule has 0 aliphatic carbocycles. The minimum atomic E-state index is -1.04. The lowest BCUT2D eigenvalue weighted by molar-refractivity contribution is -0.384. The minimum Gasteiger partial charge on any atom is -0.497 e. The lowest BCUT2D eigenvalue weighted by atomic mass is 10.1. The molecule has 2 aromatic carbocycles. The number of carbonyl (C=O) groups is 3. The van der Waals surface area contributed by atoms with Crippen molar-refractivity contribution in [3.8, 4) is 5.75 Å². The lowest BCUT2D eigenvalue weighted by Gasteiger charge is -2.26. The monoisotopic (exact) mass is 409 g/mol. The molecule has 154 valence electrons. The molecule has 3 rings (SSSR count). The summed E-state index contributed by atoms with van der Waals surface area (Å²) in [7, 11) is 1.50. The van der Waals surface area contributed by atoms with Crippen LogP contribution in [0, 0.1) is 10.1 Å². The molecule has 1 atom stereocenters. The zero-order valence-electron chi connectivity index (χ0n) is 16.2. The molecule has 1 aliphatic heterocycles. The van der Waals surface area contributed by atoms with Crippen LogP contribution in [0.1, 0.15) is 16.8 Å². The number of imide groups is 1. The van der Waals surface area contributed by atoms with Crippen LogP contribution in [0.5, 0.6) is 5.75 Å². The van der Waals surface area contributed by atoms with Crippen molar-refractivity contribution in [2.45, 2.75) is 12.5 Å².